The van der Waals surface area contributed by atoms with Crippen molar-refractivity contribution in [3.05, 3.63) is 33.3 Å². The lowest BCUT2D eigenvalue weighted by atomic mass is 9.82. The Morgan fingerprint density at radius 1 is 1.37 bits per heavy atom. The van der Waals surface area contributed by atoms with Crippen molar-refractivity contribution in [2.75, 3.05) is 0 Å². The number of carbonyl (C=O) groups is 1. The predicted octanol–water partition coefficient (Wildman–Crippen LogP) is 4.06. The van der Waals surface area contributed by atoms with Crippen LogP contribution in [0.3, 0.4) is 0 Å². The van der Waals surface area contributed by atoms with Gasteiger partial charge in [0, 0.05) is 9.50 Å². The number of hydrogen-bond acceptors (Lipinski definition) is 2. The molecular weight excluding hydrogens is 328 g/mol. The molecule has 0 spiro atoms. The minimum atomic E-state index is -0.714. The van der Waals surface area contributed by atoms with Crippen molar-refractivity contribution in [1.82, 2.24) is 5.32 Å². The molecule has 2 rings (SSSR count). The van der Waals surface area contributed by atoms with Gasteiger partial charge in [0.15, 0.2) is 0 Å². The molecule has 100 valence electrons. The summed E-state index contributed by atoms with van der Waals surface area (Å²) in [5.74, 6) is -0.230. The van der Waals surface area contributed by atoms with E-state index in [1.54, 1.807) is 18.2 Å². The summed E-state index contributed by atoms with van der Waals surface area (Å²) in [6.45, 7) is 0. The number of halogens is 2. The first-order valence-electron chi connectivity index (χ1n) is 6.25. The SMILES string of the molecule is N#CC1(NC(=O)c2ccc(Cl)cc2Br)CCCCC1. The molecule has 0 heterocycles. The van der Waals surface area contributed by atoms with Gasteiger partial charge in [0.25, 0.3) is 5.91 Å². The smallest absolute Gasteiger partial charge is 0.253 e. The summed E-state index contributed by atoms with van der Waals surface area (Å²) in [5.41, 5.74) is -0.210. The molecule has 0 atom stereocenters. The second-order valence-electron chi connectivity index (χ2n) is 4.83. The van der Waals surface area contributed by atoms with Crippen LogP contribution >= 0.6 is 27.5 Å². The molecule has 1 N–H and O–H groups in total. The van der Waals surface area contributed by atoms with Gasteiger partial charge in [0.1, 0.15) is 5.54 Å². The van der Waals surface area contributed by atoms with Crippen molar-refractivity contribution in [3.63, 3.8) is 0 Å². The maximum atomic E-state index is 12.3. The molecule has 0 saturated heterocycles. The van der Waals surface area contributed by atoms with E-state index in [4.69, 9.17) is 11.6 Å². The van der Waals surface area contributed by atoms with Gasteiger partial charge in [-0.25, -0.2) is 0 Å². The highest BCUT2D eigenvalue weighted by Gasteiger charge is 2.34. The third-order valence-electron chi connectivity index (χ3n) is 3.45. The Bertz CT molecular complexity index is 533. The van der Waals surface area contributed by atoms with Crippen LogP contribution in [-0.2, 0) is 0 Å². The van der Waals surface area contributed by atoms with Gasteiger partial charge in [-0.05, 0) is 47.0 Å². The number of carbonyl (C=O) groups excluding carboxylic acids is 1. The topological polar surface area (TPSA) is 52.9 Å². The van der Waals surface area contributed by atoms with Crippen molar-refractivity contribution in [2.45, 2.75) is 37.6 Å². The summed E-state index contributed by atoms with van der Waals surface area (Å²) in [4.78, 5) is 12.3. The lowest BCUT2D eigenvalue weighted by Gasteiger charge is -2.31. The van der Waals surface area contributed by atoms with Crippen molar-refractivity contribution in [1.29, 1.82) is 5.26 Å². The van der Waals surface area contributed by atoms with Gasteiger partial charge >= 0.3 is 0 Å². The fourth-order valence-electron chi connectivity index (χ4n) is 2.38. The standard InChI is InChI=1S/C14H14BrClN2O/c15-12-8-10(16)4-5-11(12)13(19)18-14(9-17)6-2-1-3-7-14/h4-5,8H,1-3,6-7H2,(H,18,19). The van der Waals surface area contributed by atoms with Gasteiger partial charge in [0.05, 0.1) is 11.6 Å². The van der Waals surface area contributed by atoms with E-state index in [1.807, 2.05) is 0 Å². The van der Waals surface area contributed by atoms with Crippen LogP contribution in [0.2, 0.25) is 5.02 Å². The number of hydrogen-bond donors (Lipinski definition) is 1. The maximum Gasteiger partial charge on any atom is 0.253 e. The normalized spacial score (nSPS) is 17.5. The second-order valence-corrected chi connectivity index (χ2v) is 6.12. The molecule has 0 unspecified atom stereocenters. The highest BCUT2D eigenvalue weighted by Crippen LogP contribution is 2.29. The minimum absolute atomic E-state index is 0.230. The number of rotatable bonds is 2. The van der Waals surface area contributed by atoms with Crippen molar-refractivity contribution in [2.24, 2.45) is 0 Å². The molecule has 1 amide bonds. The van der Waals surface area contributed by atoms with Gasteiger partial charge in [-0.2, -0.15) is 5.26 Å². The summed E-state index contributed by atoms with van der Waals surface area (Å²) in [6, 6.07) is 7.28. The Balaban J connectivity index is 2.18. The maximum absolute atomic E-state index is 12.3. The molecule has 0 bridgehead atoms. The van der Waals surface area contributed by atoms with Crippen LogP contribution in [0, 0.1) is 11.3 Å². The van der Waals surface area contributed by atoms with Gasteiger partial charge < -0.3 is 5.32 Å². The number of nitrogens with zero attached hydrogens (tertiary/aromatic N) is 1. The van der Waals surface area contributed by atoms with Crippen LogP contribution < -0.4 is 5.32 Å². The van der Waals surface area contributed by atoms with Crippen molar-refractivity contribution >= 4 is 33.4 Å². The van der Waals surface area contributed by atoms with Crippen LogP contribution in [0.25, 0.3) is 0 Å². The van der Waals surface area contributed by atoms with Crippen LogP contribution in [0.4, 0.5) is 0 Å². The number of nitrogens with one attached hydrogen (secondary N) is 1. The van der Waals surface area contributed by atoms with Crippen LogP contribution in [-0.4, -0.2) is 11.4 Å². The van der Waals surface area contributed by atoms with E-state index in [-0.39, 0.29) is 5.91 Å². The lowest BCUT2D eigenvalue weighted by molar-refractivity contribution is 0.0902. The fraction of sp³-hybridized carbons (Fsp3) is 0.429. The highest BCUT2D eigenvalue weighted by atomic mass is 79.9. The van der Waals surface area contributed by atoms with E-state index < -0.39 is 5.54 Å². The molecule has 1 aliphatic carbocycles. The molecule has 3 nitrogen and oxygen atoms in total. The van der Waals surface area contributed by atoms with Gasteiger partial charge in [-0.15, -0.1) is 0 Å². The Morgan fingerprint density at radius 3 is 2.63 bits per heavy atom. The van der Waals surface area contributed by atoms with Crippen LogP contribution in [0.15, 0.2) is 22.7 Å². The number of benzene rings is 1. The highest BCUT2D eigenvalue weighted by molar-refractivity contribution is 9.10. The molecular formula is C14H14BrClN2O. The molecule has 5 heteroatoms. The largest absolute Gasteiger partial charge is 0.334 e. The van der Waals surface area contributed by atoms with E-state index in [1.165, 1.54) is 0 Å². The molecule has 1 aliphatic rings. The quantitative estimate of drug-likeness (QED) is 0.882. The van der Waals surface area contributed by atoms with E-state index in [2.05, 4.69) is 27.3 Å². The molecule has 1 aromatic rings. The van der Waals surface area contributed by atoms with E-state index in [0.717, 1.165) is 32.1 Å². The monoisotopic (exact) mass is 340 g/mol. The van der Waals surface area contributed by atoms with E-state index in [0.29, 0.717) is 15.1 Å². The average molecular weight is 342 g/mol. The zero-order valence-corrected chi connectivity index (χ0v) is 12.7. The third kappa shape index (κ3) is 3.29. The predicted molar refractivity (Wildman–Crippen MR) is 78.0 cm³/mol. The Labute approximate surface area is 126 Å². The first-order valence-corrected chi connectivity index (χ1v) is 7.42. The third-order valence-corrected chi connectivity index (χ3v) is 4.34. The van der Waals surface area contributed by atoms with Crippen molar-refractivity contribution in [3.8, 4) is 6.07 Å². The minimum Gasteiger partial charge on any atom is -0.334 e. The van der Waals surface area contributed by atoms with Gasteiger partial charge in [0.2, 0.25) is 0 Å². The second kappa shape index (κ2) is 5.94. The zero-order chi connectivity index (χ0) is 13.9. The molecule has 1 aromatic carbocycles. The molecule has 1 fully saturated rings. The Kier molecular flexibility index (Phi) is 4.49. The number of amides is 1. The Hall–Kier alpha value is -1.05. The first-order chi connectivity index (χ1) is 9.06. The summed E-state index contributed by atoms with van der Waals surface area (Å²) in [6.07, 6.45) is 4.54. The van der Waals surface area contributed by atoms with Gasteiger partial charge in [-0.1, -0.05) is 30.9 Å². The molecule has 19 heavy (non-hydrogen) atoms. The van der Waals surface area contributed by atoms with E-state index >= 15 is 0 Å². The van der Waals surface area contributed by atoms with Crippen LogP contribution in [0.5, 0.6) is 0 Å². The summed E-state index contributed by atoms with van der Waals surface area (Å²) in [7, 11) is 0. The van der Waals surface area contributed by atoms with E-state index in [9.17, 15) is 10.1 Å². The fourth-order valence-corrected chi connectivity index (χ4v) is 3.24. The molecule has 0 radical (unpaired) electrons. The molecule has 1 saturated carbocycles. The number of nitriles is 1. The molecule has 0 aliphatic heterocycles. The zero-order valence-electron chi connectivity index (χ0n) is 10.4. The van der Waals surface area contributed by atoms with Crippen molar-refractivity contribution < 1.29 is 4.79 Å². The average Bonchev–Trinajstić information content (AvgIpc) is 2.39. The van der Waals surface area contributed by atoms with Crippen LogP contribution in [0.1, 0.15) is 42.5 Å². The Morgan fingerprint density at radius 2 is 2.05 bits per heavy atom. The summed E-state index contributed by atoms with van der Waals surface area (Å²) >= 11 is 9.18. The van der Waals surface area contributed by atoms with Gasteiger partial charge in [-0.3, -0.25) is 4.79 Å². The lowest BCUT2D eigenvalue weighted by Crippen LogP contribution is -2.48. The first kappa shape index (κ1) is 14.4. The summed E-state index contributed by atoms with van der Waals surface area (Å²) < 4.78 is 0.640. The summed E-state index contributed by atoms with van der Waals surface area (Å²) in [5, 5.41) is 12.8. The molecule has 0 aromatic heterocycles.